The number of hydrogen-bond donors (Lipinski definition) is 1. The van der Waals surface area contributed by atoms with Gasteiger partial charge in [-0.15, -0.1) is 0 Å². The van der Waals surface area contributed by atoms with Gasteiger partial charge >= 0.3 is 5.97 Å². The summed E-state index contributed by atoms with van der Waals surface area (Å²) >= 11 is 0. The highest BCUT2D eigenvalue weighted by atomic mass is 16.6. The van der Waals surface area contributed by atoms with E-state index in [9.17, 15) is 9.59 Å². The lowest BCUT2D eigenvalue weighted by Crippen LogP contribution is -2.22. The maximum atomic E-state index is 11.5. The minimum absolute atomic E-state index is 0.156. The molecule has 0 saturated carbocycles. The number of methoxy groups -OCH3 is 1. The average Bonchev–Trinajstić information content (AvgIpc) is 2.37. The molecule has 0 saturated heterocycles. The predicted octanol–water partition coefficient (Wildman–Crippen LogP) is 1.94. The van der Waals surface area contributed by atoms with Crippen molar-refractivity contribution >= 4 is 17.6 Å². The third-order valence-electron chi connectivity index (χ3n) is 2.49. The fourth-order valence-corrected chi connectivity index (χ4v) is 1.45. The molecule has 1 aromatic carbocycles. The molecule has 5 nitrogen and oxygen atoms in total. The summed E-state index contributed by atoms with van der Waals surface area (Å²) in [6, 6.07) is 7.56. The quantitative estimate of drug-likeness (QED) is 0.798. The zero-order valence-corrected chi connectivity index (χ0v) is 11.4. The van der Waals surface area contributed by atoms with Crippen LogP contribution >= 0.6 is 0 Å². The molecule has 1 rings (SSSR count). The minimum Gasteiger partial charge on any atom is -0.454 e. The first-order valence-electron chi connectivity index (χ1n) is 6.07. The van der Waals surface area contributed by atoms with Crippen LogP contribution in [0.15, 0.2) is 24.3 Å². The molecular formula is C14H19NO4. The molecule has 0 aliphatic heterocycles. The van der Waals surface area contributed by atoms with E-state index in [0.29, 0.717) is 11.6 Å². The normalized spacial score (nSPS) is 10.3. The fraction of sp³-hybridized carbons (Fsp3) is 0.429. The van der Waals surface area contributed by atoms with Gasteiger partial charge in [0.25, 0.3) is 5.91 Å². The van der Waals surface area contributed by atoms with Gasteiger partial charge in [0.05, 0.1) is 0 Å². The molecule has 5 heteroatoms. The highest BCUT2D eigenvalue weighted by molar-refractivity contribution is 5.92. The fourth-order valence-electron chi connectivity index (χ4n) is 1.45. The van der Waals surface area contributed by atoms with Gasteiger partial charge in [0.1, 0.15) is 6.61 Å². The topological polar surface area (TPSA) is 64.6 Å². The Hall–Kier alpha value is -1.88. The van der Waals surface area contributed by atoms with E-state index < -0.39 is 5.97 Å². The first-order valence-corrected chi connectivity index (χ1v) is 6.07. The lowest BCUT2D eigenvalue weighted by Gasteiger charge is -2.08. The summed E-state index contributed by atoms with van der Waals surface area (Å²) in [7, 11) is 1.39. The van der Waals surface area contributed by atoms with Crippen molar-refractivity contribution in [2.24, 2.45) is 0 Å². The van der Waals surface area contributed by atoms with Crippen LogP contribution in [0.4, 0.5) is 5.69 Å². The Morgan fingerprint density at radius 1 is 1.16 bits per heavy atom. The van der Waals surface area contributed by atoms with Crippen LogP contribution in [0.1, 0.15) is 25.3 Å². The molecule has 104 valence electrons. The smallest absolute Gasteiger partial charge is 0.332 e. The number of benzene rings is 1. The molecule has 0 radical (unpaired) electrons. The molecule has 0 spiro atoms. The summed E-state index contributed by atoms with van der Waals surface area (Å²) in [6.07, 6.45) is 0. The monoisotopic (exact) mass is 265 g/mol. The van der Waals surface area contributed by atoms with Crippen LogP contribution in [0.5, 0.6) is 0 Å². The van der Waals surface area contributed by atoms with E-state index in [4.69, 9.17) is 4.74 Å². The van der Waals surface area contributed by atoms with E-state index in [2.05, 4.69) is 23.9 Å². The first-order chi connectivity index (χ1) is 9.02. The number of esters is 1. The third-order valence-corrected chi connectivity index (χ3v) is 2.49. The van der Waals surface area contributed by atoms with Gasteiger partial charge in [-0.05, 0) is 23.6 Å². The molecule has 0 fully saturated rings. The standard InChI is InChI=1S/C14H19NO4/c1-10(2)11-4-6-12(7-5-11)15-13(16)8-19-14(17)9-18-3/h4-7,10H,8-9H2,1-3H3,(H,15,16). The minimum atomic E-state index is -0.562. The van der Waals surface area contributed by atoms with Crippen molar-refractivity contribution in [2.45, 2.75) is 19.8 Å². The van der Waals surface area contributed by atoms with E-state index in [1.807, 2.05) is 24.3 Å². The lowest BCUT2D eigenvalue weighted by molar-refractivity contribution is -0.150. The van der Waals surface area contributed by atoms with E-state index in [0.717, 1.165) is 0 Å². The van der Waals surface area contributed by atoms with Crippen LogP contribution in [-0.2, 0) is 19.1 Å². The second-order valence-electron chi connectivity index (χ2n) is 4.42. The van der Waals surface area contributed by atoms with Crippen molar-refractivity contribution in [2.75, 3.05) is 25.6 Å². The Morgan fingerprint density at radius 2 is 1.79 bits per heavy atom. The van der Waals surface area contributed by atoms with Gasteiger partial charge in [-0.3, -0.25) is 4.79 Å². The molecule has 19 heavy (non-hydrogen) atoms. The molecule has 0 heterocycles. The molecule has 0 unspecified atom stereocenters. The molecule has 0 aliphatic rings. The Bertz CT molecular complexity index is 426. The van der Waals surface area contributed by atoms with Gasteiger partial charge in [0.15, 0.2) is 6.61 Å². The summed E-state index contributed by atoms with van der Waals surface area (Å²) in [5, 5.41) is 2.65. The number of hydrogen-bond acceptors (Lipinski definition) is 4. The number of nitrogens with one attached hydrogen (secondary N) is 1. The summed E-state index contributed by atoms with van der Waals surface area (Å²) in [5.74, 6) is -0.491. The number of amides is 1. The average molecular weight is 265 g/mol. The van der Waals surface area contributed by atoms with Crippen LogP contribution < -0.4 is 5.32 Å². The second kappa shape index (κ2) is 7.53. The van der Waals surface area contributed by atoms with Gasteiger partial charge in [-0.2, -0.15) is 0 Å². The second-order valence-corrected chi connectivity index (χ2v) is 4.42. The number of carbonyl (C=O) groups is 2. The van der Waals surface area contributed by atoms with Gasteiger partial charge in [-0.1, -0.05) is 26.0 Å². The molecule has 1 aromatic rings. The SMILES string of the molecule is COCC(=O)OCC(=O)Nc1ccc(C(C)C)cc1. The summed E-state index contributed by atoms with van der Waals surface area (Å²) < 4.78 is 9.29. The van der Waals surface area contributed by atoms with Crippen molar-refractivity contribution in [3.8, 4) is 0 Å². The van der Waals surface area contributed by atoms with Gasteiger partial charge < -0.3 is 14.8 Å². The molecular weight excluding hydrogens is 246 g/mol. The highest BCUT2D eigenvalue weighted by Crippen LogP contribution is 2.16. The van der Waals surface area contributed by atoms with E-state index >= 15 is 0 Å². The zero-order valence-electron chi connectivity index (χ0n) is 11.4. The van der Waals surface area contributed by atoms with E-state index in [-0.39, 0.29) is 19.1 Å². The molecule has 0 atom stereocenters. The van der Waals surface area contributed by atoms with Crippen molar-refractivity contribution in [1.82, 2.24) is 0 Å². The number of carbonyl (C=O) groups excluding carboxylic acids is 2. The van der Waals surface area contributed by atoms with E-state index in [1.54, 1.807) is 0 Å². The predicted molar refractivity (Wildman–Crippen MR) is 72.0 cm³/mol. The zero-order chi connectivity index (χ0) is 14.3. The largest absolute Gasteiger partial charge is 0.454 e. The summed E-state index contributed by atoms with van der Waals surface area (Å²) in [4.78, 5) is 22.5. The Kier molecular flexibility index (Phi) is 6.02. The third kappa shape index (κ3) is 5.52. The van der Waals surface area contributed by atoms with E-state index in [1.165, 1.54) is 12.7 Å². The van der Waals surface area contributed by atoms with Gasteiger partial charge in [-0.25, -0.2) is 4.79 Å². The first kappa shape index (κ1) is 15.2. The molecule has 1 amide bonds. The van der Waals surface area contributed by atoms with Gasteiger partial charge in [0.2, 0.25) is 0 Å². The van der Waals surface area contributed by atoms with Crippen molar-refractivity contribution in [3.63, 3.8) is 0 Å². The number of anilines is 1. The number of rotatable bonds is 6. The van der Waals surface area contributed by atoms with Crippen LogP contribution in [-0.4, -0.2) is 32.2 Å². The van der Waals surface area contributed by atoms with Crippen LogP contribution in [0.2, 0.25) is 0 Å². The van der Waals surface area contributed by atoms with Crippen LogP contribution in [0.25, 0.3) is 0 Å². The van der Waals surface area contributed by atoms with Crippen molar-refractivity contribution < 1.29 is 19.1 Å². The van der Waals surface area contributed by atoms with Gasteiger partial charge in [0, 0.05) is 12.8 Å². The Labute approximate surface area is 112 Å². The maximum Gasteiger partial charge on any atom is 0.332 e. The Balaban J connectivity index is 2.42. The highest BCUT2D eigenvalue weighted by Gasteiger charge is 2.07. The molecule has 1 N–H and O–H groups in total. The number of ether oxygens (including phenoxy) is 2. The van der Waals surface area contributed by atoms with Crippen LogP contribution in [0.3, 0.4) is 0 Å². The van der Waals surface area contributed by atoms with Crippen molar-refractivity contribution in [1.29, 1.82) is 0 Å². The van der Waals surface area contributed by atoms with Crippen molar-refractivity contribution in [3.05, 3.63) is 29.8 Å². The molecule has 0 aliphatic carbocycles. The summed E-state index contributed by atoms with van der Waals surface area (Å²) in [6.45, 7) is 3.73. The molecule has 0 bridgehead atoms. The van der Waals surface area contributed by atoms with Crippen LogP contribution in [0, 0.1) is 0 Å². The lowest BCUT2D eigenvalue weighted by atomic mass is 10.0. The maximum absolute atomic E-state index is 11.5. The molecule has 0 aromatic heterocycles. The Morgan fingerprint density at radius 3 is 2.32 bits per heavy atom. The summed E-state index contributed by atoms with van der Waals surface area (Å²) in [5.41, 5.74) is 1.88.